The summed E-state index contributed by atoms with van der Waals surface area (Å²) in [5.41, 5.74) is 1.13. The van der Waals surface area contributed by atoms with Crippen LogP contribution in [-0.2, 0) is 16.0 Å². The largest absolute Gasteiger partial charge is 0.481 e. The van der Waals surface area contributed by atoms with E-state index in [-0.39, 0.29) is 12.2 Å². The van der Waals surface area contributed by atoms with Crippen LogP contribution >= 0.6 is 0 Å². The molecule has 120 valence electrons. The molecule has 1 saturated heterocycles. The molecule has 1 aromatic heterocycles. The Hall–Kier alpha value is -1.43. The van der Waals surface area contributed by atoms with E-state index in [0.29, 0.717) is 18.5 Å². The van der Waals surface area contributed by atoms with E-state index in [1.165, 1.54) is 0 Å². The number of ether oxygens (including phenoxy) is 3. The van der Waals surface area contributed by atoms with Crippen LogP contribution in [0.5, 0.6) is 5.88 Å². The molecule has 3 atom stereocenters. The Balaban J connectivity index is 1.68. The summed E-state index contributed by atoms with van der Waals surface area (Å²) < 4.78 is 17.2. The van der Waals surface area contributed by atoms with E-state index in [2.05, 4.69) is 22.5 Å². The summed E-state index contributed by atoms with van der Waals surface area (Å²) in [4.78, 5) is 6.76. The van der Waals surface area contributed by atoms with E-state index >= 15 is 0 Å². The third-order valence-corrected chi connectivity index (χ3v) is 4.50. The number of hydrogen-bond acceptors (Lipinski definition) is 5. The van der Waals surface area contributed by atoms with E-state index in [4.69, 9.17) is 14.2 Å². The number of rotatable bonds is 6. The normalized spacial score (nSPS) is 28.3. The van der Waals surface area contributed by atoms with Crippen molar-refractivity contribution in [2.75, 3.05) is 26.9 Å². The SMILES string of the molecule is C=CCO[C@@H]1CC[C@@H]2[C@@H]1OCCN2Cc1cccnc1OC. The molecule has 5 nitrogen and oxygen atoms in total. The van der Waals surface area contributed by atoms with E-state index in [1.54, 1.807) is 19.4 Å². The van der Waals surface area contributed by atoms with Crippen LogP contribution in [0.4, 0.5) is 0 Å². The zero-order valence-corrected chi connectivity index (χ0v) is 13.1. The van der Waals surface area contributed by atoms with Gasteiger partial charge in [-0.15, -0.1) is 6.58 Å². The summed E-state index contributed by atoms with van der Waals surface area (Å²) in [5, 5.41) is 0. The molecule has 0 unspecified atom stereocenters. The van der Waals surface area contributed by atoms with Gasteiger partial charge in [-0.2, -0.15) is 0 Å². The summed E-state index contributed by atoms with van der Waals surface area (Å²) in [5.74, 6) is 0.711. The zero-order valence-electron chi connectivity index (χ0n) is 13.1. The first-order chi connectivity index (χ1) is 10.8. The first-order valence-electron chi connectivity index (χ1n) is 7.89. The standard InChI is InChI=1S/C17H24N2O3/c1-3-10-21-15-7-6-14-16(15)22-11-9-19(14)12-13-5-4-8-18-17(13)20-2/h3-5,8,14-16H,1,6-7,9-12H2,2H3/t14-,15-,16+/m1/s1. The lowest BCUT2D eigenvalue weighted by Gasteiger charge is -2.39. The molecule has 0 radical (unpaired) electrons. The van der Waals surface area contributed by atoms with E-state index in [0.717, 1.165) is 38.1 Å². The fourth-order valence-electron chi connectivity index (χ4n) is 3.51. The third kappa shape index (κ3) is 3.16. The molecule has 0 N–H and O–H groups in total. The molecule has 2 heterocycles. The summed E-state index contributed by atoms with van der Waals surface area (Å²) >= 11 is 0. The molecule has 5 heteroatoms. The molecular formula is C17H24N2O3. The molecule has 1 aliphatic heterocycles. The third-order valence-electron chi connectivity index (χ3n) is 4.50. The lowest BCUT2D eigenvalue weighted by Crippen LogP contribution is -2.51. The number of hydrogen-bond donors (Lipinski definition) is 0. The summed E-state index contributed by atoms with van der Waals surface area (Å²) in [6.07, 6.45) is 6.06. The Morgan fingerprint density at radius 2 is 2.41 bits per heavy atom. The first kappa shape index (κ1) is 15.5. The van der Waals surface area contributed by atoms with Gasteiger partial charge >= 0.3 is 0 Å². The van der Waals surface area contributed by atoms with Crippen molar-refractivity contribution < 1.29 is 14.2 Å². The van der Waals surface area contributed by atoms with Gasteiger partial charge in [0.1, 0.15) is 0 Å². The van der Waals surface area contributed by atoms with Gasteiger partial charge in [0, 0.05) is 30.9 Å². The molecule has 1 aliphatic carbocycles. The molecule has 0 aromatic carbocycles. The molecule has 1 aromatic rings. The van der Waals surface area contributed by atoms with Crippen molar-refractivity contribution in [1.82, 2.24) is 9.88 Å². The van der Waals surface area contributed by atoms with Gasteiger partial charge in [-0.05, 0) is 18.9 Å². The average molecular weight is 304 g/mol. The predicted octanol–water partition coefficient (Wildman–Crippen LogP) is 2.02. The zero-order chi connectivity index (χ0) is 15.4. The van der Waals surface area contributed by atoms with Crippen LogP contribution in [0.25, 0.3) is 0 Å². The molecule has 2 aliphatic rings. The maximum Gasteiger partial charge on any atom is 0.217 e. The second kappa shape index (κ2) is 7.22. The van der Waals surface area contributed by atoms with Crippen molar-refractivity contribution in [3.63, 3.8) is 0 Å². The topological polar surface area (TPSA) is 43.8 Å². The predicted molar refractivity (Wildman–Crippen MR) is 83.9 cm³/mol. The maximum atomic E-state index is 5.99. The molecule has 2 fully saturated rings. The Kier molecular flexibility index (Phi) is 5.08. The minimum Gasteiger partial charge on any atom is -0.481 e. The molecule has 3 rings (SSSR count). The van der Waals surface area contributed by atoms with Crippen LogP contribution < -0.4 is 4.74 Å². The molecular weight excluding hydrogens is 280 g/mol. The summed E-state index contributed by atoms with van der Waals surface area (Å²) in [6, 6.07) is 4.45. The smallest absolute Gasteiger partial charge is 0.217 e. The summed E-state index contributed by atoms with van der Waals surface area (Å²) in [6.45, 7) is 6.84. The van der Waals surface area contributed by atoms with Gasteiger partial charge in [-0.1, -0.05) is 12.1 Å². The molecule has 0 spiro atoms. The van der Waals surface area contributed by atoms with Gasteiger partial charge < -0.3 is 14.2 Å². The van der Waals surface area contributed by atoms with Crippen molar-refractivity contribution in [2.45, 2.75) is 37.6 Å². The van der Waals surface area contributed by atoms with Gasteiger partial charge in [0.25, 0.3) is 0 Å². The monoisotopic (exact) mass is 304 g/mol. The summed E-state index contributed by atoms with van der Waals surface area (Å²) in [7, 11) is 1.67. The van der Waals surface area contributed by atoms with Crippen LogP contribution in [0, 0.1) is 0 Å². The number of pyridine rings is 1. The van der Waals surface area contributed by atoms with Gasteiger partial charge in [-0.3, -0.25) is 4.90 Å². The fraction of sp³-hybridized carbons (Fsp3) is 0.588. The highest BCUT2D eigenvalue weighted by molar-refractivity contribution is 5.25. The Bertz CT molecular complexity index is 508. The van der Waals surface area contributed by atoms with Gasteiger partial charge in [0.15, 0.2) is 0 Å². The van der Waals surface area contributed by atoms with Crippen LogP contribution in [0.1, 0.15) is 18.4 Å². The molecule has 22 heavy (non-hydrogen) atoms. The van der Waals surface area contributed by atoms with Gasteiger partial charge in [0.05, 0.1) is 32.5 Å². The lowest BCUT2D eigenvalue weighted by atomic mass is 10.1. The number of methoxy groups -OCH3 is 1. The highest BCUT2D eigenvalue weighted by Crippen LogP contribution is 2.33. The van der Waals surface area contributed by atoms with Crippen molar-refractivity contribution in [1.29, 1.82) is 0 Å². The van der Waals surface area contributed by atoms with Crippen LogP contribution in [0.2, 0.25) is 0 Å². The van der Waals surface area contributed by atoms with Gasteiger partial charge in [0.2, 0.25) is 5.88 Å². The van der Waals surface area contributed by atoms with E-state index in [9.17, 15) is 0 Å². The van der Waals surface area contributed by atoms with E-state index < -0.39 is 0 Å². The Labute approximate surface area is 131 Å². The highest BCUT2D eigenvalue weighted by Gasteiger charge is 2.43. The van der Waals surface area contributed by atoms with Crippen LogP contribution in [-0.4, -0.2) is 55.0 Å². The quantitative estimate of drug-likeness (QED) is 0.752. The maximum absolute atomic E-state index is 5.99. The Morgan fingerprint density at radius 1 is 1.50 bits per heavy atom. The van der Waals surface area contributed by atoms with Crippen molar-refractivity contribution in [3.05, 3.63) is 36.5 Å². The molecule has 1 saturated carbocycles. The number of morpholine rings is 1. The second-order valence-electron chi connectivity index (χ2n) is 5.78. The van der Waals surface area contributed by atoms with Crippen molar-refractivity contribution in [3.8, 4) is 5.88 Å². The number of fused-ring (bicyclic) bond motifs is 1. The van der Waals surface area contributed by atoms with Crippen LogP contribution in [0.15, 0.2) is 31.0 Å². The van der Waals surface area contributed by atoms with Crippen LogP contribution in [0.3, 0.4) is 0 Å². The number of nitrogens with zero attached hydrogens (tertiary/aromatic N) is 2. The minimum absolute atomic E-state index is 0.163. The first-order valence-corrected chi connectivity index (χ1v) is 7.89. The lowest BCUT2D eigenvalue weighted by molar-refractivity contribution is -0.111. The second-order valence-corrected chi connectivity index (χ2v) is 5.78. The highest BCUT2D eigenvalue weighted by atomic mass is 16.5. The average Bonchev–Trinajstić information content (AvgIpc) is 2.97. The van der Waals surface area contributed by atoms with Crippen molar-refractivity contribution >= 4 is 0 Å². The van der Waals surface area contributed by atoms with E-state index in [1.807, 2.05) is 6.07 Å². The molecule has 0 amide bonds. The Morgan fingerprint density at radius 3 is 3.23 bits per heavy atom. The fourth-order valence-corrected chi connectivity index (χ4v) is 3.51. The minimum atomic E-state index is 0.163. The van der Waals surface area contributed by atoms with Crippen molar-refractivity contribution in [2.24, 2.45) is 0 Å². The van der Waals surface area contributed by atoms with Gasteiger partial charge in [-0.25, -0.2) is 4.98 Å². The number of aromatic nitrogens is 1. The molecule has 0 bridgehead atoms.